The third kappa shape index (κ3) is 1.33. The first-order chi connectivity index (χ1) is 7.53. The van der Waals surface area contributed by atoms with Crippen LogP contribution in [0.15, 0.2) is 29.3 Å². The number of amidine groups is 1. The maximum atomic E-state index is 10.4. The molecule has 0 aromatic carbocycles. The van der Waals surface area contributed by atoms with E-state index in [4.69, 9.17) is 5.73 Å². The summed E-state index contributed by atoms with van der Waals surface area (Å²) in [5.41, 5.74) is 6.18. The number of aliphatic imine (C=N–C) groups is 1. The Kier molecular flexibility index (Phi) is 2.11. The molecule has 1 fully saturated rings. The maximum absolute atomic E-state index is 10.4. The topological polar surface area (TPSA) is 73.9 Å². The van der Waals surface area contributed by atoms with E-state index in [0.29, 0.717) is 5.84 Å². The van der Waals surface area contributed by atoms with Crippen LogP contribution in [0.2, 0.25) is 0 Å². The standard InChI is InChI=1S/C10H13IN4O/c11-10(12)7-6-13-4-5-15(7)8(14-10)9(16)2-1-3-9/h4-6,13,16H,1-3,12H2. The van der Waals surface area contributed by atoms with Gasteiger partial charge in [0.1, 0.15) is 11.4 Å². The van der Waals surface area contributed by atoms with Gasteiger partial charge in [-0.2, -0.15) is 0 Å². The largest absolute Gasteiger partial charge is 0.382 e. The molecule has 0 aromatic heterocycles. The van der Waals surface area contributed by atoms with Crippen molar-refractivity contribution in [3.63, 3.8) is 0 Å². The predicted octanol–water partition coefficient (Wildman–Crippen LogP) is 0.579. The van der Waals surface area contributed by atoms with Crippen molar-refractivity contribution in [2.75, 3.05) is 0 Å². The van der Waals surface area contributed by atoms with E-state index in [0.717, 1.165) is 25.0 Å². The zero-order valence-electron chi connectivity index (χ0n) is 8.65. The third-order valence-electron chi connectivity index (χ3n) is 3.25. The SMILES string of the molecule is NC1(I)N=C(C2(O)CCC2)N2C=CNC=C21. The van der Waals surface area contributed by atoms with Crippen LogP contribution in [-0.4, -0.2) is 25.1 Å². The number of aliphatic hydroxyl groups is 1. The minimum absolute atomic E-state index is 0.680. The molecule has 1 aliphatic carbocycles. The Morgan fingerprint density at radius 1 is 1.56 bits per heavy atom. The Labute approximate surface area is 107 Å². The van der Waals surface area contributed by atoms with Crippen LogP contribution >= 0.6 is 22.6 Å². The van der Waals surface area contributed by atoms with E-state index in [-0.39, 0.29) is 0 Å². The Hall–Kier alpha value is -0.600. The highest BCUT2D eigenvalue weighted by Crippen LogP contribution is 2.43. The fraction of sp³-hybridized carbons (Fsp3) is 0.500. The first-order valence-electron chi connectivity index (χ1n) is 5.26. The predicted molar refractivity (Wildman–Crippen MR) is 69.4 cm³/mol. The summed E-state index contributed by atoms with van der Waals surface area (Å²) in [5, 5.41) is 13.4. The monoisotopic (exact) mass is 332 g/mol. The molecule has 3 aliphatic rings. The van der Waals surface area contributed by atoms with Gasteiger partial charge in [-0.25, -0.2) is 4.99 Å². The fourth-order valence-electron chi connectivity index (χ4n) is 2.18. The zero-order valence-corrected chi connectivity index (χ0v) is 10.8. The van der Waals surface area contributed by atoms with E-state index in [9.17, 15) is 5.11 Å². The summed E-state index contributed by atoms with van der Waals surface area (Å²) in [6.07, 6.45) is 8.07. The first-order valence-corrected chi connectivity index (χ1v) is 6.34. The zero-order chi connectivity index (χ0) is 11.4. The average molecular weight is 332 g/mol. The molecule has 1 unspecified atom stereocenters. The van der Waals surface area contributed by atoms with Gasteiger partial charge in [0, 0.05) is 18.6 Å². The number of nitrogens with one attached hydrogen (secondary N) is 1. The number of hydrogen-bond acceptors (Lipinski definition) is 5. The van der Waals surface area contributed by atoms with Crippen molar-refractivity contribution in [3.8, 4) is 0 Å². The summed E-state index contributed by atoms with van der Waals surface area (Å²) in [7, 11) is 0. The second-order valence-electron chi connectivity index (χ2n) is 4.38. The van der Waals surface area contributed by atoms with E-state index in [1.807, 2.05) is 17.3 Å². The van der Waals surface area contributed by atoms with E-state index < -0.39 is 9.27 Å². The van der Waals surface area contributed by atoms with Crippen LogP contribution in [-0.2, 0) is 0 Å². The number of halogens is 1. The molecule has 4 N–H and O–H groups in total. The van der Waals surface area contributed by atoms with Crippen LogP contribution in [0.3, 0.4) is 0 Å². The van der Waals surface area contributed by atoms with Crippen molar-refractivity contribution >= 4 is 28.4 Å². The minimum Gasteiger partial charge on any atom is -0.382 e. The lowest BCUT2D eigenvalue weighted by molar-refractivity contribution is 0.0271. The van der Waals surface area contributed by atoms with Crippen molar-refractivity contribution in [2.45, 2.75) is 28.5 Å². The number of fused-ring (bicyclic) bond motifs is 1. The molecule has 5 nitrogen and oxygen atoms in total. The normalized spacial score (nSPS) is 34.8. The van der Waals surface area contributed by atoms with Crippen molar-refractivity contribution in [1.29, 1.82) is 0 Å². The molecule has 2 heterocycles. The van der Waals surface area contributed by atoms with Gasteiger partial charge in [-0.05, 0) is 41.9 Å². The molecule has 3 rings (SSSR count). The summed E-state index contributed by atoms with van der Waals surface area (Å²) < 4.78 is -0.782. The molecule has 0 bridgehead atoms. The highest BCUT2D eigenvalue weighted by atomic mass is 127. The van der Waals surface area contributed by atoms with Crippen LogP contribution in [0.5, 0.6) is 0 Å². The van der Waals surface area contributed by atoms with Crippen molar-refractivity contribution < 1.29 is 5.11 Å². The average Bonchev–Trinajstić information content (AvgIpc) is 2.49. The lowest BCUT2D eigenvalue weighted by atomic mass is 9.79. The molecule has 0 aromatic rings. The quantitative estimate of drug-likeness (QED) is 0.373. The Morgan fingerprint density at radius 3 is 2.94 bits per heavy atom. The molecule has 0 saturated heterocycles. The van der Waals surface area contributed by atoms with Crippen LogP contribution in [0, 0.1) is 0 Å². The Bertz CT molecular complexity index is 423. The highest BCUT2D eigenvalue weighted by Gasteiger charge is 2.50. The van der Waals surface area contributed by atoms with Gasteiger partial charge >= 0.3 is 0 Å². The van der Waals surface area contributed by atoms with Gasteiger partial charge in [-0.15, -0.1) is 0 Å². The smallest absolute Gasteiger partial charge is 0.204 e. The molecule has 1 atom stereocenters. The van der Waals surface area contributed by atoms with Gasteiger partial charge in [-0.1, -0.05) is 0 Å². The first kappa shape index (κ1) is 10.5. The van der Waals surface area contributed by atoms with E-state index >= 15 is 0 Å². The van der Waals surface area contributed by atoms with Crippen LogP contribution in [0.4, 0.5) is 0 Å². The van der Waals surface area contributed by atoms with E-state index in [2.05, 4.69) is 32.9 Å². The van der Waals surface area contributed by atoms with Gasteiger partial charge < -0.3 is 10.4 Å². The summed E-state index contributed by atoms with van der Waals surface area (Å²) in [6.45, 7) is 0. The molecule has 1 saturated carbocycles. The van der Waals surface area contributed by atoms with Gasteiger partial charge in [0.25, 0.3) is 0 Å². The number of rotatable bonds is 1. The highest BCUT2D eigenvalue weighted by molar-refractivity contribution is 14.1. The van der Waals surface area contributed by atoms with Crippen molar-refractivity contribution in [2.24, 2.45) is 10.7 Å². The molecule has 16 heavy (non-hydrogen) atoms. The van der Waals surface area contributed by atoms with E-state index in [1.54, 1.807) is 6.20 Å². The number of nitrogens with two attached hydrogens (primary N) is 1. The lowest BCUT2D eigenvalue weighted by Crippen LogP contribution is -2.50. The maximum Gasteiger partial charge on any atom is 0.204 e. The summed E-state index contributed by atoms with van der Waals surface area (Å²) in [5.74, 6) is 0.680. The molecule has 0 spiro atoms. The molecular formula is C10H13IN4O. The van der Waals surface area contributed by atoms with Gasteiger partial charge in [0.2, 0.25) is 3.67 Å². The fourth-order valence-corrected chi connectivity index (χ4v) is 2.82. The second kappa shape index (κ2) is 3.21. The van der Waals surface area contributed by atoms with Crippen molar-refractivity contribution in [1.82, 2.24) is 10.2 Å². The number of alkyl halides is 1. The van der Waals surface area contributed by atoms with Crippen LogP contribution in [0.25, 0.3) is 0 Å². The summed E-state index contributed by atoms with van der Waals surface area (Å²) in [4.78, 5) is 6.35. The number of hydrogen-bond donors (Lipinski definition) is 3. The molecule has 2 aliphatic heterocycles. The Balaban J connectivity index is 2.03. The van der Waals surface area contributed by atoms with Gasteiger partial charge in [0.05, 0.1) is 5.70 Å². The Morgan fingerprint density at radius 2 is 2.31 bits per heavy atom. The van der Waals surface area contributed by atoms with Crippen molar-refractivity contribution in [3.05, 3.63) is 24.3 Å². The molecule has 0 amide bonds. The molecule has 86 valence electrons. The minimum atomic E-state index is -0.785. The third-order valence-corrected chi connectivity index (χ3v) is 4.05. The molecule has 0 radical (unpaired) electrons. The lowest BCUT2D eigenvalue weighted by Gasteiger charge is -2.39. The molecule has 6 heteroatoms. The summed E-state index contributed by atoms with van der Waals surface area (Å²) >= 11 is 2.09. The van der Waals surface area contributed by atoms with Gasteiger partial charge in [0.15, 0.2) is 0 Å². The second-order valence-corrected chi connectivity index (χ2v) is 6.02. The summed E-state index contributed by atoms with van der Waals surface area (Å²) in [6, 6.07) is 0. The van der Waals surface area contributed by atoms with E-state index in [1.165, 1.54) is 0 Å². The number of nitrogens with zero attached hydrogens (tertiary/aromatic N) is 2. The van der Waals surface area contributed by atoms with Crippen LogP contribution < -0.4 is 11.1 Å². The van der Waals surface area contributed by atoms with Crippen LogP contribution in [0.1, 0.15) is 19.3 Å². The molecular weight excluding hydrogens is 319 g/mol. The van der Waals surface area contributed by atoms with Gasteiger partial charge in [-0.3, -0.25) is 10.6 Å².